The van der Waals surface area contributed by atoms with Gasteiger partial charge in [-0.05, 0) is 30.7 Å². The van der Waals surface area contributed by atoms with Crippen molar-refractivity contribution in [2.75, 3.05) is 31.5 Å². The van der Waals surface area contributed by atoms with E-state index in [0.29, 0.717) is 30.8 Å². The summed E-state index contributed by atoms with van der Waals surface area (Å²) in [6.07, 6.45) is 5.62. The summed E-state index contributed by atoms with van der Waals surface area (Å²) in [5.74, 6) is 1.16. The zero-order valence-electron chi connectivity index (χ0n) is 15.4. The fourth-order valence-electron chi connectivity index (χ4n) is 4.61. The van der Waals surface area contributed by atoms with E-state index in [4.69, 9.17) is 4.74 Å². The topological polar surface area (TPSA) is 79.6 Å². The van der Waals surface area contributed by atoms with Crippen LogP contribution in [0.25, 0.3) is 11.1 Å². The maximum absolute atomic E-state index is 10.7. The van der Waals surface area contributed by atoms with Gasteiger partial charge < -0.3 is 4.74 Å². The Morgan fingerprint density at radius 2 is 2.04 bits per heavy atom. The number of aromatic nitrogens is 2. The highest BCUT2D eigenvalue weighted by atomic mass is 16.6. The molecule has 6 rings (SSSR count). The van der Waals surface area contributed by atoms with Gasteiger partial charge in [-0.15, -0.1) is 0 Å². The lowest BCUT2D eigenvalue weighted by atomic mass is 9.75. The van der Waals surface area contributed by atoms with Crippen LogP contribution in [-0.4, -0.2) is 57.6 Å². The summed E-state index contributed by atoms with van der Waals surface area (Å²) in [4.78, 5) is 13.3. The highest BCUT2D eigenvalue weighted by Crippen LogP contribution is 2.43. The molecule has 3 fully saturated rings. The van der Waals surface area contributed by atoms with Gasteiger partial charge in [0.2, 0.25) is 0 Å². The van der Waals surface area contributed by atoms with Crippen LogP contribution >= 0.6 is 0 Å². The Bertz CT molecular complexity index is 890. The molecule has 140 valence electrons. The Hall–Kier alpha value is -2.51. The molecule has 7 nitrogen and oxygen atoms in total. The first kappa shape index (κ1) is 16.6. The maximum Gasteiger partial charge on any atom is 0.291 e. The molecule has 4 aliphatic heterocycles. The van der Waals surface area contributed by atoms with Crippen LogP contribution in [0, 0.1) is 12.8 Å². The van der Waals surface area contributed by atoms with E-state index in [1.165, 1.54) is 0 Å². The predicted octanol–water partition coefficient (Wildman–Crippen LogP) is 2.62. The maximum atomic E-state index is 10.7. The van der Waals surface area contributed by atoms with Gasteiger partial charge in [0.15, 0.2) is 12.1 Å². The summed E-state index contributed by atoms with van der Waals surface area (Å²) in [6.45, 7) is 4.85. The van der Waals surface area contributed by atoms with Crippen LogP contribution in [0.4, 0.5) is 5.82 Å². The molecule has 2 aromatic rings. The van der Waals surface area contributed by atoms with Crippen molar-refractivity contribution < 1.29 is 14.6 Å². The summed E-state index contributed by atoms with van der Waals surface area (Å²) >= 11 is 0. The number of piperidine rings is 3. The van der Waals surface area contributed by atoms with E-state index >= 15 is 0 Å². The van der Waals surface area contributed by atoms with Gasteiger partial charge in [0.05, 0.1) is 6.54 Å². The lowest BCUT2D eigenvalue weighted by Crippen LogP contribution is -2.69. The number of aliphatic imine (C=N–C) groups is 1. The number of nitrogens with zero attached hydrogens (tertiary/aromatic N) is 4. The Kier molecular flexibility index (Phi) is 3.70. The van der Waals surface area contributed by atoms with E-state index in [0.717, 1.165) is 42.8 Å². The smallest absolute Gasteiger partial charge is 0.291 e. The highest BCUT2D eigenvalue weighted by molar-refractivity contribution is 5.90. The van der Waals surface area contributed by atoms with Gasteiger partial charge in [-0.2, -0.15) is 4.65 Å². The van der Waals surface area contributed by atoms with Crippen LogP contribution in [0.2, 0.25) is 0 Å². The molecular formula is C20H24N5O2+. The average molecular weight is 366 g/mol. The van der Waals surface area contributed by atoms with Gasteiger partial charge in [0.1, 0.15) is 18.9 Å². The lowest BCUT2D eigenvalue weighted by molar-refractivity contribution is -1.12. The second-order valence-electron chi connectivity index (χ2n) is 8.01. The number of hydroxylamine groups is 3. The van der Waals surface area contributed by atoms with Crippen LogP contribution in [0.1, 0.15) is 18.5 Å². The Balaban J connectivity index is 1.32. The first-order chi connectivity index (χ1) is 13.0. The Labute approximate surface area is 158 Å². The van der Waals surface area contributed by atoms with Gasteiger partial charge >= 0.3 is 0 Å². The number of fused-ring (bicyclic) bond motifs is 2. The van der Waals surface area contributed by atoms with Crippen LogP contribution in [-0.2, 0) is 4.74 Å². The summed E-state index contributed by atoms with van der Waals surface area (Å²) in [7, 11) is 0. The van der Waals surface area contributed by atoms with Crippen molar-refractivity contribution in [3.05, 3.63) is 42.4 Å². The van der Waals surface area contributed by atoms with Crippen molar-refractivity contribution >= 4 is 11.8 Å². The second-order valence-corrected chi connectivity index (χ2v) is 8.01. The number of pyridine rings is 2. The monoisotopic (exact) mass is 366 g/mol. The quantitative estimate of drug-likeness (QED) is 0.799. The van der Waals surface area contributed by atoms with Crippen molar-refractivity contribution in [1.29, 1.82) is 0 Å². The molecule has 4 aliphatic rings. The molecule has 0 aliphatic carbocycles. The summed E-state index contributed by atoms with van der Waals surface area (Å²) in [5, 5.41) is 13.9. The van der Waals surface area contributed by atoms with E-state index in [1.54, 1.807) is 6.20 Å². The molecule has 2 bridgehead atoms. The zero-order chi connectivity index (χ0) is 18.5. The second kappa shape index (κ2) is 6.00. The van der Waals surface area contributed by atoms with Gasteiger partial charge in [0, 0.05) is 42.4 Å². The molecule has 0 aromatic carbocycles. The number of aryl methyl sites for hydroxylation is 1. The van der Waals surface area contributed by atoms with Crippen molar-refractivity contribution in [2.24, 2.45) is 10.9 Å². The van der Waals surface area contributed by atoms with Crippen LogP contribution in [0.5, 0.6) is 0 Å². The van der Waals surface area contributed by atoms with Crippen LogP contribution in [0.3, 0.4) is 0 Å². The molecule has 0 radical (unpaired) electrons. The van der Waals surface area contributed by atoms with E-state index in [9.17, 15) is 5.21 Å². The third kappa shape index (κ3) is 2.96. The van der Waals surface area contributed by atoms with E-state index in [-0.39, 0.29) is 10.2 Å². The fraction of sp³-hybridized carbons (Fsp3) is 0.450. The third-order valence-corrected chi connectivity index (χ3v) is 6.12. The number of ether oxygens (including phenoxy) is 1. The number of amidine groups is 1. The van der Waals surface area contributed by atoms with Crippen molar-refractivity contribution in [1.82, 2.24) is 9.97 Å². The van der Waals surface area contributed by atoms with E-state index in [2.05, 4.69) is 26.3 Å². The largest absolute Gasteiger partial charge is 0.450 e. The lowest BCUT2D eigenvalue weighted by Gasteiger charge is -2.51. The van der Waals surface area contributed by atoms with Crippen LogP contribution < -0.4 is 5.32 Å². The van der Waals surface area contributed by atoms with Crippen LogP contribution in [0.15, 0.2) is 41.7 Å². The number of rotatable bonds is 2. The molecular weight excluding hydrogens is 342 g/mol. The minimum absolute atomic E-state index is 0.119. The van der Waals surface area contributed by atoms with E-state index in [1.807, 2.05) is 31.3 Å². The molecule has 7 heteroatoms. The van der Waals surface area contributed by atoms with Gasteiger partial charge in [-0.1, -0.05) is 6.07 Å². The SMILES string of the molecule is Cc1ccc(-c2ccnc(NC3=NC[C@@]4(C[N+]5(O)CCC4CC5)O3)c2)cn1. The zero-order valence-corrected chi connectivity index (χ0v) is 15.4. The van der Waals surface area contributed by atoms with Crippen molar-refractivity contribution in [3.8, 4) is 11.1 Å². The Morgan fingerprint density at radius 1 is 1.19 bits per heavy atom. The molecule has 0 amide bonds. The minimum Gasteiger partial charge on any atom is -0.450 e. The van der Waals surface area contributed by atoms with Gasteiger partial charge in [-0.25, -0.2) is 15.2 Å². The third-order valence-electron chi connectivity index (χ3n) is 6.12. The van der Waals surface area contributed by atoms with Crippen molar-refractivity contribution in [2.45, 2.75) is 25.4 Å². The molecule has 0 unspecified atom stereocenters. The fourth-order valence-corrected chi connectivity index (χ4v) is 4.61. The Morgan fingerprint density at radius 3 is 2.78 bits per heavy atom. The molecule has 2 N–H and O–H groups in total. The number of hydrogen-bond donors (Lipinski definition) is 2. The summed E-state index contributed by atoms with van der Waals surface area (Å²) in [5.41, 5.74) is 2.70. The molecule has 1 atom stereocenters. The van der Waals surface area contributed by atoms with Crippen molar-refractivity contribution in [3.63, 3.8) is 0 Å². The number of quaternary nitrogens is 1. The molecule has 2 aromatic heterocycles. The normalized spacial score (nSPS) is 31.6. The molecule has 6 heterocycles. The summed E-state index contributed by atoms with van der Waals surface area (Å²) < 4.78 is 6.38. The molecule has 3 saturated heterocycles. The number of anilines is 1. The molecule has 0 saturated carbocycles. The molecule has 27 heavy (non-hydrogen) atoms. The number of nitrogens with one attached hydrogen (secondary N) is 1. The minimum atomic E-state index is -0.369. The van der Waals surface area contributed by atoms with E-state index < -0.39 is 0 Å². The standard InChI is InChI=1S/C20H24N5O2/c1-14-2-3-16(11-22-14)15-4-7-21-18(10-15)24-19-23-12-20(27-19)13-25(26)8-5-17(20)6-9-25/h2-4,7,10-11,17,26H,5-6,8-9,12-13H2,1H3,(H,21,23,24)/q+1/t17?,20-,25?/m0/s1. The van der Waals surface area contributed by atoms with Gasteiger partial charge in [-0.3, -0.25) is 10.3 Å². The highest BCUT2D eigenvalue weighted by Gasteiger charge is 2.59. The predicted molar refractivity (Wildman–Crippen MR) is 101 cm³/mol. The first-order valence-electron chi connectivity index (χ1n) is 9.52. The summed E-state index contributed by atoms with van der Waals surface area (Å²) in [6, 6.07) is 8.49. The average Bonchev–Trinajstić information content (AvgIpc) is 3.04. The molecule has 1 spiro atoms. The van der Waals surface area contributed by atoms with Gasteiger partial charge in [0.25, 0.3) is 6.02 Å². The first-order valence-corrected chi connectivity index (χ1v) is 9.52. The number of hydrogen-bond acceptors (Lipinski definition) is 6.